The minimum atomic E-state index is -0.207. The van der Waals surface area contributed by atoms with Crippen molar-refractivity contribution >= 4 is 28.5 Å². The van der Waals surface area contributed by atoms with Crippen molar-refractivity contribution in [2.75, 3.05) is 40.5 Å². The Kier molecular flexibility index (Phi) is 6.84. The van der Waals surface area contributed by atoms with Gasteiger partial charge in [-0.15, -0.1) is 0 Å². The fourth-order valence-corrected chi connectivity index (χ4v) is 3.46. The van der Waals surface area contributed by atoms with E-state index < -0.39 is 0 Å². The molecule has 154 valence electrons. The largest absolute Gasteiger partial charge is 0.383 e. The molecule has 0 aliphatic rings. The van der Waals surface area contributed by atoms with Gasteiger partial charge in [0.15, 0.2) is 5.65 Å². The van der Waals surface area contributed by atoms with Gasteiger partial charge in [0.25, 0.3) is 5.91 Å². The Morgan fingerprint density at radius 2 is 1.72 bits per heavy atom. The second kappa shape index (κ2) is 9.35. The van der Waals surface area contributed by atoms with E-state index in [0.717, 1.165) is 11.3 Å². The highest BCUT2D eigenvalue weighted by atomic mass is 35.5. The SMILES string of the molecule is COCCN(CCOC)C(=O)c1cnc2c(c(C)nn2-c2ccc(C)cc2)c1Cl. The number of rotatable bonds is 8. The summed E-state index contributed by atoms with van der Waals surface area (Å²) in [6, 6.07) is 7.99. The number of ether oxygens (including phenoxy) is 2. The van der Waals surface area contributed by atoms with Crippen molar-refractivity contribution in [1.82, 2.24) is 19.7 Å². The van der Waals surface area contributed by atoms with Crippen molar-refractivity contribution in [1.29, 1.82) is 0 Å². The Hall–Kier alpha value is -2.48. The van der Waals surface area contributed by atoms with Crippen LogP contribution in [0.25, 0.3) is 16.7 Å². The highest BCUT2D eigenvalue weighted by Gasteiger charge is 2.23. The fraction of sp³-hybridized carbons (Fsp3) is 0.381. The van der Waals surface area contributed by atoms with E-state index in [4.69, 9.17) is 21.1 Å². The molecule has 0 unspecified atom stereocenters. The molecule has 8 heteroatoms. The third kappa shape index (κ3) is 4.42. The van der Waals surface area contributed by atoms with Gasteiger partial charge in [0.2, 0.25) is 0 Å². The Morgan fingerprint density at radius 3 is 2.31 bits per heavy atom. The summed E-state index contributed by atoms with van der Waals surface area (Å²) in [6.45, 7) is 5.62. The molecule has 0 spiro atoms. The van der Waals surface area contributed by atoms with Gasteiger partial charge in [0.05, 0.1) is 40.6 Å². The lowest BCUT2D eigenvalue weighted by Gasteiger charge is -2.22. The first kappa shape index (κ1) is 21.2. The van der Waals surface area contributed by atoms with Crippen LogP contribution in [0.4, 0.5) is 0 Å². The van der Waals surface area contributed by atoms with Crippen molar-refractivity contribution in [3.63, 3.8) is 0 Å². The molecule has 7 nitrogen and oxygen atoms in total. The Balaban J connectivity index is 2.02. The molecule has 0 saturated carbocycles. The number of aromatic nitrogens is 3. The van der Waals surface area contributed by atoms with Crippen LogP contribution in [0.5, 0.6) is 0 Å². The summed E-state index contributed by atoms with van der Waals surface area (Å²) in [5.74, 6) is -0.207. The summed E-state index contributed by atoms with van der Waals surface area (Å²) in [5, 5.41) is 5.63. The molecule has 1 amide bonds. The highest BCUT2D eigenvalue weighted by Crippen LogP contribution is 2.30. The standard InChI is InChI=1S/C21H25ClN4O3/c1-14-5-7-16(8-6-14)26-20-18(15(2)24-26)19(22)17(13-23-20)21(27)25(9-11-28-3)10-12-29-4/h5-8,13H,9-12H2,1-4H3. The maximum atomic E-state index is 13.1. The molecule has 0 N–H and O–H groups in total. The number of pyridine rings is 1. The molecule has 0 atom stereocenters. The lowest BCUT2D eigenvalue weighted by atomic mass is 10.1. The van der Waals surface area contributed by atoms with Crippen molar-refractivity contribution in [2.45, 2.75) is 13.8 Å². The summed E-state index contributed by atoms with van der Waals surface area (Å²) in [6.07, 6.45) is 1.52. The van der Waals surface area contributed by atoms with Crippen LogP contribution in [0, 0.1) is 13.8 Å². The van der Waals surface area contributed by atoms with Gasteiger partial charge in [-0.05, 0) is 26.0 Å². The second-order valence-corrected chi connectivity index (χ2v) is 7.17. The van der Waals surface area contributed by atoms with Crippen LogP contribution in [0.15, 0.2) is 30.5 Å². The highest BCUT2D eigenvalue weighted by molar-refractivity contribution is 6.38. The number of nitrogens with zero attached hydrogens (tertiary/aromatic N) is 4. The van der Waals surface area contributed by atoms with E-state index in [9.17, 15) is 4.79 Å². The zero-order valence-electron chi connectivity index (χ0n) is 17.1. The van der Waals surface area contributed by atoms with Crippen molar-refractivity contribution in [2.24, 2.45) is 0 Å². The van der Waals surface area contributed by atoms with Crippen LogP contribution < -0.4 is 0 Å². The number of carbonyl (C=O) groups is 1. The van der Waals surface area contributed by atoms with Gasteiger partial charge >= 0.3 is 0 Å². The molecule has 0 saturated heterocycles. The predicted octanol–water partition coefficient (Wildman–Crippen LogP) is 3.43. The summed E-state index contributed by atoms with van der Waals surface area (Å²) >= 11 is 6.68. The van der Waals surface area contributed by atoms with Crippen LogP contribution in [-0.4, -0.2) is 66.1 Å². The molecule has 0 aliphatic carbocycles. The molecule has 3 aromatic rings. The molecule has 1 aromatic carbocycles. The lowest BCUT2D eigenvalue weighted by molar-refractivity contribution is 0.0627. The summed E-state index contributed by atoms with van der Waals surface area (Å²) < 4.78 is 12.0. The van der Waals surface area contributed by atoms with Crippen molar-refractivity contribution in [3.05, 3.63) is 52.3 Å². The number of fused-ring (bicyclic) bond motifs is 1. The molecule has 3 rings (SSSR count). The van der Waals surface area contributed by atoms with Crippen LogP contribution in [-0.2, 0) is 9.47 Å². The van der Waals surface area contributed by atoms with Gasteiger partial charge in [-0.3, -0.25) is 4.79 Å². The van der Waals surface area contributed by atoms with E-state index in [1.807, 2.05) is 38.1 Å². The average Bonchev–Trinajstić information content (AvgIpc) is 3.06. The number of amides is 1. The molecular weight excluding hydrogens is 392 g/mol. The molecule has 0 radical (unpaired) electrons. The maximum Gasteiger partial charge on any atom is 0.257 e. The molecular formula is C21H25ClN4O3. The summed E-state index contributed by atoms with van der Waals surface area (Å²) in [4.78, 5) is 19.3. The molecule has 0 aliphatic heterocycles. The average molecular weight is 417 g/mol. The minimum Gasteiger partial charge on any atom is -0.383 e. The Labute approximate surface area is 175 Å². The van der Waals surface area contributed by atoms with Gasteiger partial charge < -0.3 is 14.4 Å². The topological polar surface area (TPSA) is 69.5 Å². The van der Waals surface area contributed by atoms with Crippen LogP contribution in [0.3, 0.4) is 0 Å². The number of aryl methyl sites for hydroxylation is 2. The van der Waals surface area contributed by atoms with E-state index in [0.29, 0.717) is 53.6 Å². The quantitative estimate of drug-likeness (QED) is 0.562. The number of benzene rings is 1. The fourth-order valence-electron chi connectivity index (χ4n) is 3.11. The first-order chi connectivity index (χ1) is 14.0. The molecule has 29 heavy (non-hydrogen) atoms. The van der Waals surface area contributed by atoms with Crippen molar-refractivity contribution in [3.8, 4) is 5.69 Å². The number of carbonyl (C=O) groups excluding carboxylic acids is 1. The molecule has 2 aromatic heterocycles. The van der Waals surface area contributed by atoms with Crippen molar-refractivity contribution < 1.29 is 14.3 Å². The van der Waals surface area contributed by atoms with Gasteiger partial charge in [-0.2, -0.15) is 5.10 Å². The van der Waals surface area contributed by atoms with Crippen LogP contribution in [0.1, 0.15) is 21.6 Å². The Morgan fingerprint density at radius 1 is 1.10 bits per heavy atom. The first-order valence-electron chi connectivity index (χ1n) is 9.36. The number of hydrogen-bond donors (Lipinski definition) is 0. The van der Waals surface area contributed by atoms with E-state index in [2.05, 4.69) is 10.1 Å². The predicted molar refractivity (Wildman–Crippen MR) is 113 cm³/mol. The molecule has 0 fully saturated rings. The minimum absolute atomic E-state index is 0.207. The molecule has 0 bridgehead atoms. The summed E-state index contributed by atoms with van der Waals surface area (Å²) in [7, 11) is 3.20. The Bertz CT molecular complexity index is 993. The van der Waals surface area contributed by atoms with Gasteiger partial charge in [0.1, 0.15) is 0 Å². The van der Waals surface area contributed by atoms with E-state index >= 15 is 0 Å². The number of hydrogen-bond acceptors (Lipinski definition) is 5. The second-order valence-electron chi connectivity index (χ2n) is 6.80. The van der Waals surface area contributed by atoms with E-state index in [1.165, 1.54) is 6.20 Å². The van der Waals surface area contributed by atoms with Gasteiger partial charge in [-0.1, -0.05) is 29.3 Å². The third-order valence-electron chi connectivity index (χ3n) is 4.73. The van der Waals surface area contributed by atoms with Gasteiger partial charge in [-0.25, -0.2) is 9.67 Å². The number of methoxy groups -OCH3 is 2. The zero-order valence-corrected chi connectivity index (χ0v) is 17.9. The van der Waals surface area contributed by atoms with Gasteiger partial charge in [0, 0.05) is 33.5 Å². The van der Waals surface area contributed by atoms with E-state index in [-0.39, 0.29) is 5.91 Å². The smallest absolute Gasteiger partial charge is 0.257 e. The monoisotopic (exact) mass is 416 g/mol. The third-order valence-corrected chi connectivity index (χ3v) is 5.13. The van der Waals surface area contributed by atoms with Crippen LogP contribution in [0.2, 0.25) is 5.02 Å². The normalized spacial score (nSPS) is 11.2. The first-order valence-corrected chi connectivity index (χ1v) is 9.73. The zero-order chi connectivity index (χ0) is 21.0. The summed E-state index contributed by atoms with van der Waals surface area (Å²) in [5.41, 5.74) is 3.73. The maximum absolute atomic E-state index is 13.1. The van der Waals surface area contributed by atoms with E-state index in [1.54, 1.807) is 23.8 Å². The van der Waals surface area contributed by atoms with Crippen LogP contribution >= 0.6 is 11.6 Å². The lowest BCUT2D eigenvalue weighted by Crippen LogP contribution is -2.36. The number of halogens is 1. The molecule has 2 heterocycles.